The minimum atomic E-state index is -1.91. The number of carbonyl (C=O) groups excluding carboxylic acids is 1. The van der Waals surface area contributed by atoms with Gasteiger partial charge in [-0.2, -0.15) is 0 Å². The maximum Gasteiger partial charge on any atom is 0.192 e. The molecular weight excluding hydrogens is 304 g/mol. The summed E-state index contributed by atoms with van der Waals surface area (Å²) in [6.45, 7) is 23.1. The summed E-state index contributed by atoms with van der Waals surface area (Å²) in [4.78, 5) is 12.2. The van der Waals surface area contributed by atoms with Crippen LogP contribution in [0.15, 0.2) is 0 Å². The Hall–Kier alpha value is -0.193. The van der Waals surface area contributed by atoms with E-state index in [1.165, 1.54) is 0 Å². The van der Waals surface area contributed by atoms with Gasteiger partial charge in [-0.3, -0.25) is 4.79 Å². The van der Waals surface area contributed by atoms with Gasteiger partial charge < -0.3 is 9.53 Å². The Balaban J connectivity index is 5.14. The van der Waals surface area contributed by atoms with Crippen LogP contribution in [0.3, 0.4) is 0 Å². The molecule has 3 nitrogen and oxygen atoms in total. The van der Waals surface area contributed by atoms with Gasteiger partial charge in [-0.15, -0.1) is 0 Å². The van der Waals surface area contributed by atoms with E-state index in [2.05, 4.69) is 47.7 Å². The minimum Gasteiger partial charge on any atom is -0.413 e. The number of aliphatic hydroxyl groups is 1. The molecule has 0 spiro atoms. The second-order valence-corrected chi connectivity index (χ2v) is 14.6. The van der Waals surface area contributed by atoms with Crippen molar-refractivity contribution < 1.29 is 14.3 Å². The third-order valence-corrected chi connectivity index (χ3v) is 9.72. The molecule has 0 aromatic heterocycles. The number of hydrogen-bond acceptors (Lipinski definition) is 3. The molecule has 0 unspecified atom stereocenters. The molecule has 0 radical (unpaired) electrons. The molecule has 4 heteroatoms. The Morgan fingerprint density at radius 2 is 1.48 bits per heavy atom. The lowest BCUT2D eigenvalue weighted by atomic mass is 9.82. The summed E-state index contributed by atoms with van der Waals surface area (Å²) < 4.78 is 6.58. The fraction of sp³-hybridized carbons (Fsp3) is 0.947. The monoisotopic (exact) mass is 344 g/mol. The highest BCUT2D eigenvalue weighted by Crippen LogP contribution is 2.39. The van der Waals surface area contributed by atoms with Crippen LogP contribution in [-0.2, 0) is 9.22 Å². The first-order chi connectivity index (χ1) is 10.0. The van der Waals surface area contributed by atoms with Crippen molar-refractivity contribution in [3.05, 3.63) is 0 Å². The lowest BCUT2D eigenvalue weighted by Crippen LogP contribution is -2.49. The molecule has 0 amide bonds. The number of aliphatic hydroxyl groups excluding tert-OH is 1. The highest BCUT2D eigenvalue weighted by Gasteiger charge is 2.42. The van der Waals surface area contributed by atoms with Gasteiger partial charge in [-0.25, -0.2) is 0 Å². The fourth-order valence-electron chi connectivity index (χ4n) is 2.27. The van der Waals surface area contributed by atoms with Gasteiger partial charge in [0, 0.05) is 17.8 Å². The molecule has 0 aliphatic heterocycles. The van der Waals surface area contributed by atoms with Crippen molar-refractivity contribution in [3.63, 3.8) is 0 Å². The van der Waals surface area contributed by atoms with Crippen LogP contribution in [0, 0.1) is 17.3 Å². The number of ketones is 1. The highest BCUT2D eigenvalue weighted by molar-refractivity contribution is 6.74. The molecule has 0 fully saturated rings. The standard InChI is InChI=1S/C19H40O3Si/c1-13(2)17(22-23(10,11)19(7,8)9)14(3)15(20)12-16(21)18(4,5)6/h13-15,17,20H,12H2,1-11H3/t14-,15-,17-/m0/s1. The lowest BCUT2D eigenvalue weighted by Gasteiger charge is -2.43. The Labute approximate surface area is 145 Å². The van der Waals surface area contributed by atoms with Gasteiger partial charge in [0.15, 0.2) is 8.32 Å². The predicted octanol–water partition coefficient (Wildman–Crippen LogP) is 5.04. The molecule has 0 aromatic rings. The molecular formula is C19H40O3Si. The average molecular weight is 345 g/mol. The van der Waals surface area contributed by atoms with Crippen molar-refractivity contribution in [1.29, 1.82) is 0 Å². The molecule has 23 heavy (non-hydrogen) atoms. The van der Waals surface area contributed by atoms with E-state index in [1.54, 1.807) is 0 Å². The molecule has 0 saturated heterocycles. The summed E-state index contributed by atoms with van der Waals surface area (Å²) in [5.41, 5.74) is -0.408. The van der Waals surface area contributed by atoms with Gasteiger partial charge in [0.1, 0.15) is 5.78 Å². The van der Waals surface area contributed by atoms with Gasteiger partial charge in [0.2, 0.25) is 0 Å². The number of rotatable bonds is 7. The van der Waals surface area contributed by atoms with E-state index in [4.69, 9.17) is 4.43 Å². The zero-order valence-corrected chi connectivity index (χ0v) is 18.3. The zero-order chi connectivity index (χ0) is 18.8. The summed E-state index contributed by atoms with van der Waals surface area (Å²) in [6, 6.07) is 0. The molecule has 0 saturated carbocycles. The predicted molar refractivity (Wildman–Crippen MR) is 101 cm³/mol. The summed E-state index contributed by atoms with van der Waals surface area (Å²) in [5, 5.41) is 10.7. The van der Waals surface area contributed by atoms with Crippen LogP contribution in [0.5, 0.6) is 0 Å². The van der Waals surface area contributed by atoms with Gasteiger partial charge >= 0.3 is 0 Å². The van der Waals surface area contributed by atoms with Gasteiger partial charge in [-0.05, 0) is 24.1 Å². The van der Waals surface area contributed by atoms with Crippen LogP contribution >= 0.6 is 0 Å². The molecule has 3 atom stereocenters. The Bertz CT molecular complexity index is 388. The Morgan fingerprint density at radius 3 is 1.78 bits per heavy atom. The molecule has 0 aliphatic carbocycles. The summed E-state index contributed by atoms with van der Waals surface area (Å²) in [7, 11) is -1.91. The third-order valence-electron chi connectivity index (χ3n) is 5.25. The van der Waals surface area contributed by atoms with Crippen molar-refractivity contribution in [3.8, 4) is 0 Å². The second-order valence-electron chi connectivity index (χ2n) is 9.89. The van der Waals surface area contributed by atoms with Crippen LogP contribution < -0.4 is 0 Å². The smallest absolute Gasteiger partial charge is 0.192 e. The van der Waals surface area contributed by atoms with E-state index in [-0.39, 0.29) is 29.3 Å². The van der Waals surface area contributed by atoms with Crippen LogP contribution in [-0.4, -0.2) is 31.4 Å². The molecule has 0 aromatic carbocycles. The van der Waals surface area contributed by atoms with Crippen molar-refractivity contribution in [2.75, 3.05) is 0 Å². The van der Waals surface area contributed by atoms with Crippen LogP contribution in [0.1, 0.15) is 68.7 Å². The number of Topliss-reactive ketones (excluding diaryl/α,β-unsaturated/α-hetero) is 1. The first-order valence-electron chi connectivity index (χ1n) is 8.90. The average Bonchev–Trinajstić information content (AvgIpc) is 2.32. The van der Waals surface area contributed by atoms with Gasteiger partial charge in [0.05, 0.1) is 12.2 Å². The van der Waals surface area contributed by atoms with Crippen molar-refractivity contribution in [2.45, 2.75) is 99.1 Å². The van der Waals surface area contributed by atoms with Gasteiger partial charge in [0.25, 0.3) is 0 Å². The maximum absolute atomic E-state index is 12.2. The molecule has 1 N–H and O–H groups in total. The zero-order valence-electron chi connectivity index (χ0n) is 17.3. The van der Waals surface area contributed by atoms with Crippen LogP contribution in [0.4, 0.5) is 0 Å². The van der Waals surface area contributed by atoms with Crippen molar-refractivity contribution in [1.82, 2.24) is 0 Å². The molecule has 0 bridgehead atoms. The summed E-state index contributed by atoms with van der Waals surface area (Å²) in [6.07, 6.45) is -0.480. The Kier molecular flexibility index (Phi) is 7.73. The van der Waals surface area contributed by atoms with E-state index in [1.807, 2.05) is 27.7 Å². The summed E-state index contributed by atoms with van der Waals surface area (Å²) >= 11 is 0. The lowest BCUT2D eigenvalue weighted by molar-refractivity contribution is -0.129. The van der Waals surface area contributed by atoms with Crippen LogP contribution in [0.2, 0.25) is 18.1 Å². The van der Waals surface area contributed by atoms with E-state index in [0.29, 0.717) is 5.92 Å². The molecule has 0 aliphatic rings. The highest BCUT2D eigenvalue weighted by atomic mass is 28.4. The Morgan fingerprint density at radius 1 is 1.04 bits per heavy atom. The topological polar surface area (TPSA) is 46.5 Å². The molecule has 0 rings (SSSR count). The first kappa shape index (κ1) is 22.8. The van der Waals surface area contributed by atoms with E-state index in [9.17, 15) is 9.90 Å². The largest absolute Gasteiger partial charge is 0.413 e. The number of hydrogen-bond donors (Lipinski definition) is 1. The SMILES string of the molecule is CC(C)[C@H](O[Si](C)(C)C(C)(C)C)[C@@H](C)[C@@H](O)CC(=O)C(C)(C)C. The fourth-order valence-corrected chi connectivity index (χ4v) is 3.79. The minimum absolute atomic E-state index is 0.0290. The first-order valence-corrected chi connectivity index (χ1v) is 11.8. The van der Waals surface area contributed by atoms with E-state index >= 15 is 0 Å². The van der Waals surface area contributed by atoms with Crippen molar-refractivity contribution in [2.24, 2.45) is 17.3 Å². The molecule has 0 heterocycles. The number of carbonyl (C=O) groups is 1. The third kappa shape index (κ3) is 6.67. The normalized spacial score (nSPS) is 18.0. The van der Waals surface area contributed by atoms with Crippen molar-refractivity contribution >= 4 is 14.1 Å². The molecule has 138 valence electrons. The quantitative estimate of drug-likeness (QED) is 0.658. The summed E-state index contributed by atoms with van der Waals surface area (Å²) in [5.74, 6) is 0.348. The van der Waals surface area contributed by atoms with Gasteiger partial charge in [-0.1, -0.05) is 62.3 Å². The maximum atomic E-state index is 12.2. The van der Waals surface area contributed by atoms with E-state index < -0.39 is 19.8 Å². The van der Waals surface area contributed by atoms with Crippen LogP contribution in [0.25, 0.3) is 0 Å². The second kappa shape index (κ2) is 7.79. The van der Waals surface area contributed by atoms with E-state index in [0.717, 1.165) is 0 Å².